The zero-order chi connectivity index (χ0) is 17.2. The molecule has 1 N–H and O–H groups in total. The average Bonchev–Trinajstić information content (AvgIpc) is 2.61. The van der Waals surface area contributed by atoms with Crippen LogP contribution in [0.1, 0.15) is 41.3 Å². The first-order valence-electron chi connectivity index (χ1n) is 8.18. The monoisotopic (exact) mass is 328 g/mol. The van der Waals surface area contributed by atoms with E-state index in [1.54, 1.807) is 19.4 Å². The zero-order valence-corrected chi connectivity index (χ0v) is 14.2. The Labute approximate surface area is 143 Å². The average molecular weight is 328 g/mol. The quantitative estimate of drug-likeness (QED) is 0.717. The Hall–Kier alpha value is -2.40. The molecule has 0 saturated carbocycles. The van der Waals surface area contributed by atoms with Gasteiger partial charge in [-0.15, -0.1) is 0 Å². The molecule has 0 saturated heterocycles. The fraction of sp³-hybridized carbons (Fsp3) is 0.368. The molecule has 1 aromatic heterocycles. The van der Waals surface area contributed by atoms with Crippen LogP contribution in [-0.2, 0) is 17.9 Å². The van der Waals surface area contributed by atoms with E-state index >= 15 is 0 Å². The second-order valence-electron chi connectivity index (χ2n) is 5.44. The molecule has 5 heteroatoms. The molecule has 1 heterocycles. The fourth-order valence-corrected chi connectivity index (χ4v) is 2.30. The summed E-state index contributed by atoms with van der Waals surface area (Å²) in [5.41, 5.74) is 2.35. The number of nitrogens with zero attached hydrogens (tertiary/aromatic N) is 1. The number of ether oxygens (including phenoxy) is 2. The lowest BCUT2D eigenvalue weighted by Crippen LogP contribution is -2.24. The highest BCUT2D eigenvalue weighted by molar-refractivity contribution is 5.95. The van der Waals surface area contributed by atoms with E-state index in [9.17, 15) is 4.79 Å². The van der Waals surface area contributed by atoms with Gasteiger partial charge in [0, 0.05) is 31.0 Å². The van der Waals surface area contributed by atoms with E-state index in [2.05, 4.69) is 17.2 Å². The fourth-order valence-electron chi connectivity index (χ4n) is 2.30. The van der Waals surface area contributed by atoms with Gasteiger partial charge in [0.05, 0.1) is 13.2 Å². The molecule has 2 rings (SSSR count). The first-order valence-corrected chi connectivity index (χ1v) is 8.18. The molecule has 0 unspecified atom stereocenters. The number of unbranched alkanes of at least 4 members (excludes halogenated alkanes) is 1. The van der Waals surface area contributed by atoms with Gasteiger partial charge >= 0.3 is 0 Å². The summed E-state index contributed by atoms with van der Waals surface area (Å²) in [5.74, 6) is 0.447. The number of amides is 1. The molecule has 128 valence electrons. The number of nitrogens with one attached hydrogen (secondary N) is 1. The molecule has 2 aromatic rings. The lowest BCUT2D eigenvalue weighted by molar-refractivity contribution is 0.0945. The van der Waals surface area contributed by atoms with Crippen LogP contribution in [-0.4, -0.2) is 24.6 Å². The first kappa shape index (κ1) is 17.9. The van der Waals surface area contributed by atoms with Gasteiger partial charge in [0.2, 0.25) is 5.88 Å². The van der Waals surface area contributed by atoms with E-state index in [1.807, 2.05) is 30.3 Å². The Balaban J connectivity index is 2.02. The smallest absolute Gasteiger partial charge is 0.251 e. The Morgan fingerprint density at radius 2 is 1.96 bits per heavy atom. The van der Waals surface area contributed by atoms with Crippen molar-refractivity contribution in [2.24, 2.45) is 0 Å². The van der Waals surface area contributed by atoms with Gasteiger partial charge in [-0.25, -0.2) is 4.98 Å². The highest BCUT2D eigenvalue weighted by Gasteiger charge is 2.12. The molecule has 0 radical (unpaired) electrons. The summed E-state index contributed by atoms with van der Waals surface area (Å²) in [7, 11) is 1.62. The van der Waals surface area contributed by atoms with Crippen molar-refractivity contribution in [2.45, 2.75) is 32.9 Å². The minimum absolute atomic E-state index is 0.133. The number of benzene rings is 1. The summed E-state index contributed by atoms with van der Waals surface area (Å²) >= 11 is 0. The lowest BCUT2D eigenvalue weighted by atomic mass is 10.1. The molecule has 24 heavy (non-hydrogen) atoms. The summed E-state index contributed by atoms with van der Waals surface area (Å²) < 4.78 is 10.8. The normalized spacial score (nSPS) is 10.4. The largest absolute Gasteiger partial charge is 0.477 e. The highest BCUT2D eigenvalue weighted by atomic mass is 16.5. The molecule has 5 nitrogen and oxygen atoms in total. The van der Waals surface area contributed by atoms with Gasteiger partial charge in [0.15, 0.2) is 0 Å². The molecule has 0 fully saturated rings. The van der Waals surface area contributed by atoms with Crippen LogP contribution < -0.4 is 10.1 Å². The molecule has 0 aliphatic carbocycles. The van der Waals surface area contributed by atoms with Crippen molar-refractivity contribution in [3.05, 3.63) is 59.3 Å². The number of carbonyl (C=O) groups is 1. The number of methoxy groups -OCH3 is 1. The molecule has 1 aromatic carbocycles. The van der Waals surface area contributed by atoms with Gasteiger partial charge in [0.1, 0.15) is 0 Å². The van der Waals surface area contributed by atoms with Crippen LogP contribution in [0.15, 0.2) is 42.6 Å². The number of hydrogen-bond donors (Lipinski definition) is 1. The third-order valence-electron chi connectivity index (χ3n) is 3.59. The number of aromatic nitrogens is 1. The summed E-state index contributed by atoms with van der Waals surface area (Å²) in [6.07, 6.45) is 3.74. The van der Waals surface area contributed by atoms with Gasteiger partial charge in [-0.1, -0.05) is 37.6 Å². The van der Waals surface area contributed by atoms with Gasteiger partial charge in [-0.2, -0.15) is 0 Å². The second-order valence-corrected chi connectivity index (χ2v) is 5.44. The second kappa shape index (κ2) is 9.67. The van der Waals surface area contributed by atoms with E-state index in [-0.39, 0.29) is 5.91 Å². The minimum Gasteiger partial charge on any atom is -0.477 e. The van der Waals surface area contributed by atoms with Crippen LogP contribution in [0.2, 0.25) is 0 Å². The SMILES string of the molecule is CCCCOc1ncccc1CNC(=O)c1ccccc1COC. The van der Waals surface area contributed by atoms with Crippen LogP contribution in [0.25, 0.3) is 0 Å². The van der Waals surface area contributed by atoms with Gasteiger partial charge < -0.3 is 14.8 Å². The summed E-state index contributed by atoms with van der Waals surface area (Å²) in [6.45, 7) is 3.52. The van der Waals surface area contributed by atoms with Crippen molar-refractivity contribution in [3.8, 4) is 5.88 Å². The van der Waals surface area contributed by atoms with Crippen LogP contribution in [0, 0.1) is 0 Å². The van der Waals surface area contributed by atoms with E-state index in [1.165, 1.54) is 0 Å². The van der Waals surface area contributed by atoms with Crippen molar-refractivity contribution >= 4 is 5.91 Å². The Bertz CT molecular complexity index is 659. The molecule has 0 atom stereocenters. The van der Waals surface area contributed by atoms with E-state index in [4.69, 9.17) is 9.47 Å². The van der Waals surface area contributed by atoms with Crippen LogP contribution in [0.5, 0.6) is 5.88 Å². The lowest BCUT2D eigenvalue weighted by Gasteiger charge is -2.12. The molecular formula is C19H24N2O3. The Morgan fingerprint density at radius 3 is 2.75 bits per heavy atom. The predicted molar refractivity (Wildman–Crippen MR) is 93.0 cm³/mol. The standard InChI is InChI=1S/C19H24N2O3/c1-3-4-12-24-19-15(9-7-11-20-19)13-21-18(22)17-10-6-5-8-16(17)14-23-2/h5-11H,3-4,12-14H2,1-2H3,(H,21,22). The number of hydrogen-bond acceptors (Lipinski definition) is 4. The van der Waals surface area contributed by atoms with Crippen molar-refractivity contribution in [1.82, 2.24) is 10.3 Å². The molecule has 1 amide bonds. The van der Waals surface area contributed by atoms with Crippen LogP contribution in [0.4, 0.5) is 0 Å². The third kappa shape index (κ3) is 5.06. The third-order valence-corrected chi connectivity index (χ3v) is 3.59. The maximum absolute atomic E-state index is 12.5. The number of rotatable bonds is 9. The first-order chi connectivity index (χ1) is 11.8. The van der Waals surface area contributed by atoms with Crippen molar-refractivity contribution in [2.75, 3.05) is 13.7 Å². The Kier molecular flexibility index (Phi) is 7.23. The maximum Gasteiger partial charge on any atom is 0.251 e. The van der Waals surface area contributed by atoms with Crippen LogP contribution >= 0.6 is 0 Å². The van der Waals surface area contributed by atoms with Gasteiger partial charge in [-0.3, -0.25) is 4.79 Å². The molecule has 0 spiro atoms. The van der Waals surface area contributed by atoms with Crippen LogP contribution in [0.3, 0.4) is 0 Å². The number of pyridine rings is 1. The molecule has 0 aliphatic rings. The van der Waals surface area contributed by atoms with Gasteiger partial charge in [-0.05, 0) is 24.1 Å². The van der Waals surface area contributed by atoms with E-state index < -0.39 is 0 Å². The Morgan fingerprint density at radius 1 is 1.17 bits per heavy atom. The summed E-state index contributed by atoms with van der Waals surface area (Å²) in [5, 5.41) is 2.93. The molecule has 0 aliphatic heterocycles. The van der Waals surface area contributed by atoms with Gasteiger partial charge in [0.25, 0.3) is 5.91 Å². The topological polar surface area (TPSA) is 60.5 Å². The predicted octanol–water partition coefficient (Wildman–Crippen LogP) is 3.34. The van der Waals surface area contributed by atoms with Crippen molar-refractivity contribution in [3.63, 3.8) is 0 Å². The number of carbonyl (C=O) groups excluding carboxylic acids is 1. The summed E-state index contributed by atoms with van der Waals surface area (Å²) in [6, 6.07) is 11.2. The summed E-state index contributed by atoms with van der Waals surface area (Å²) in [4.78, 5) is 16.7. The molecular weight excluding hydrogens is 304 g/mol. The maximum atomic E-state index is 12.5. The molecule has 0 bridgehead atoms. The van der Waals surface area contributed by atoms with E-state index in [0.29, 0.717) is 31.2 Å². The van der Waals surface area contributed by atoms with E-state index in [0.717, 1.165) is 24.0 Å². The van der Waals surface area contributed by atoms with Crippen molar-refractivity contribution in [1.29, 1.82) is 0 Å². The van der Waals surface area contributed by atoms with Crippen molar-refractivity contribution < 1.29 is 14.3 Å². The minimum atomic E-state index is -0.133. The zero-order valence-electron chi connectivity index (χ0n) is 14.2. The highest BCUT2D eigenvalue weighted by Crippen LogP contribution is 2.15.